The number of amides is 1. The van der Waals surface area contributed by atoms with E-state index in [4.69, 9.17) is 0 Å². The first kappa shape index (κ1) is 13.6. The molecule has 0 fully saturated rings. The van der Waals surface area contributed by atoms with Crippen LogP contribution in [-0.4, -0.2) is 15.9 Å². The number of aromatic nitrogens is 2. The van der Waals surface area contributed by atoms with Gasteiger partial charge in [0, 0.05) is 22.4 Å². The maximum Gasteiger partial charge on any atom is 0.255 e. The van der Waals surface area contributed by atoms with Crippen molar-refractivity contribution in [3.8, 4) is 0 Å². The summed E-state index contributed by atoms with van der Waals surface area (Å²) in [4.78, 5) is 20.5. The van der Waals surface area contributed by atoms with Gasteiger partial charge in [0.2, 0.25) is 0 Å². The average molecular weight is 346 g/mol. The third-order valence-corrected chi connectivity index (χ3v) is 3.57. The van der Waals surface area contributed by atoms with Crippen molar-refractivity contribution >= 4 is 38.6 Å². The molecule has 0 saturated heterocycles. The van der Waals surface area contributed by atoms with E-state index in [1.165, 1.54) is 18.2 Å². The Labute approximate surface area is 128 Å². The van der Waals surface area contributed by atoms with Gasteiger partial charge in [-0.25, -0.2) is 4.39 Å². The van der Waals surface area contributed by atoms with Crippen molar-refractivity contribution in [1.29, 1.82) is 0 Å². The lowest BCUT2D eigenvalue weighted by atomic mass is 10.1. The van der Waals surface area contributed by atoms with E-state index in [0.29, 0.717) is 21.2 Å². The summed E-state index contributed by atoms with van der Waals surface area (Å²) < 4.78 is 13.5. The van der Waals surface area contributed by atoms with Crippen molar-refractivity contribution in [2.24, 2.45) is 0 Å². The smallest absolute Gasteiger partial charge is 0.255 e. The van der Waals surface area contributed by atoms with Crippen molar-refractivity contribution in [1.82, 2.24) is 9.97 Å². The Bertz CT molecular complexity index is 838. The van der Waals surface area contributed by atoms with Crippen molar-refractivity contribution in [2.75, 3.05) is 5.32 Å². The van der Waals surface area contributed by atoms with Gasteiger partial charge in [0.25, 0.3) is 5.91 Å². The zero-order chi connectivity index (χ0) is 14.8. The average Bonchev–Trinajstić information content (AvgIpc) is 2.49. The van der Waals surface area contributed by atoms with E-state index in [1.54, 1.807) is 30.6 Å². The molecule has 21 heavy (non-hydrogen) atoms. The van der Waals surface area contributed by atoms with Crippen molar-refractivity contribution in [3.63, 3.8) is 0 Å². The number of benzene rings is 2. The maximum atomic E-state index is 13.0. The molecule has 0 aliphatic carbocycles. The fourth-order valence-corrected chi connectivity index (χ4v) is 2.34. The summed E-state index contributed by atoms with van der Waals surface area (Å²) in [5.41, 5.74) is 2.32. The van der Waals surface area contributed by atoms with Crippen LogP contribution in [0, 0.1) is 5.82 Å². The van der Waals surface area contributed by atoms with Crippen molar-refractivity contribution in [3.05, 3.63) is 64.6 Å². The molecular formula is C15H9BrFN3O. The van der Waals surface area contributed by atoms with Gasteiger partial charge in [-0.3, -0.25) is 14.8 Å². The second kappa shape index (κ2) is 5.57. The molecule has 0 atom stereocenters. The number of carbonyl (C=O) groups is 1. The van der Waals surface area contributed by atoms with Gasteiger partial charge in [0.1, 0.15) is 5.82 Å². The molecule has 0 unspecified atom stereocenters. The van der Waals surface area contributed by atoms with E-state index >= 15 is 0 Å². The van der Waals surface area contributed by atoms with E-state index in [9.17, 15) is 9.18 Å². The number of anilines is 1. The lowest BCUT2D eigenvalue weighted by molar-refractivity contribution is 0.102. The summed E-state index contributed by atoms with van der Waals surface area (Å²) in [5.74, 6) is -0.671. The van der Waals surface area contributed by atoms with Crippen LogP contribution in [-0.2, 0) is 0 Å². The Kier molecular flexibility index (Phi) is 3.62. The molecule has 0 radical (unpaired) electrons. The SMILES string of the molecule is O=C(Nc1ccc(F)cc1Br)c1ccc2nccnc2c1. The fourth-order valence-electron chi connectivity index (χ4n) is 1.89. The van der Waals surface area contributed by atoms with Crippen LogP contribution in [0.25, 0.3) is 11.0 Å². The normalized spacial score (nSPS) is 10.6. The van der Waals surface area contributed by atoms with E-state index in [-0.39, 0.29) is 11.7 Å². The Balaban J connectivity index is 1.89. The minimum absolute atomic E-state index is 0.296. The van der Waals surface area contributed by atoms with E-state index in [0.717, 1.165) is 5.52 Å². The number of rotatable bonds is 2. The molecule has 0 aliphatic heterocycles. The molecule has 1 N–H and O–H groups in total. The predicted octanol–water partition coefficient (Wildman–Crippen LogP) is 3.78. The highest BCUT2D eigenvalue weighted by Crippen LogP contribution is 2.24. The van der Waals surface area contributed by atoms with Crippen molar-refractivity contribution < 1.29 is 9.18 Å². The van der Waals surface area contributed by atoms with E-state index in [2.05, 4.69) is 31.2 Å². The van der Waals surface area contributed by atoms with E-state index in [1.807, 2.05) is 0 Å². The third kappa shape index (κ3) is 2.90. The van der Waals surface area contributed by atoms with Gasteiger partial charge in [0.15, 0.2) is 0 Å². The summed E-state index contributed by atoms with van der Waals surface area (Å²) in [5, 5.41) is 2.72. The summed E-state index contributed by atoms with van der Waals surface area (Å²) >= 11 is 3.21. The lowest BCUT2D eigenvalue weighted by Gasteiger charge is -2.08. The number of fused-ring (bicyclic) bond motifs is 1. The largest absolute Gasteiger partial charge is 0.321 e. The summed E-state index contributed by atoms with van der Waals surface area (Å²) in [7, 11) is 0. The molecule has 0 aliphatic rings. The number of hydrogen-bond acceptors (Lipinski definition) is 3. The second-order valence-corrected chi connectivity index (χ2v) is 5.19. The molecular weight excluding hydrogens is 337 g/mol. The Morgan fingerprint density at radius 2 is 1.81 bits per heavy atom. The topological polar surface area (TPSA) is 54.9 Å². The predicted molar refractivity (Wildman–Crippen MR) is 81.6 cm³/mol. The number of halogens is 2. The van der Waals surface area contributed by atoms with Crippen molar-refractivity contribution in [2.45, 2.75) is 0 Å². The third-order valence-electron chi connectivity index (χ3n) is 2.91. The highest BCUT2D eigenvalue weighted by Gasteiger charge is 2.10. The Morgan fingerprint density at radius 1 is 1.05 bits per heavy atom. The van der Waals surface area contributed by atoms with E-state index < -0.39 is 0 Å². The molecule has 1 heterocycles. The molecule has 1 amide bonds. The molecule has 6 heteroatoms. The number of nitrogens with zero attached hydrogens (tertiary/aromatic N) is 2. The standard InChI is InChI=1S/C15H9BrFN3O/c16-11-8-10(17)2-4-12(11)20-15(21)9-1-3-13-14(7-9)19-6-5-18-13/h1-8H,(H,20,21). The van der Waals surface area contributed by atoms with Crippen LogP contribution < -0.4 is 5.32 Å². The fraction of sp³-hybridized carbons (Fsp3) is 0. The summed E-state index contributed by atoms with van der Waals surface area (Å²) in [6, 6.07) is 9.14. The van der Waals surface area contributed by atoms with Gasteiger partial charge < -0.3 is 5.32 Å². The molecule has 1 aromatic heterocycles. The first-order valence-corrected chi connectivity index (χ1v) is 6.90. The van der Waals surface area contributed by atoms with Gasteiger partial charge >= 0.3 is 0 Å². The zero-order valence-electron chi connectivity index (χ0n) is 10.7. The van der Waals surface area contributed by atoms with Crippen LogP contribution in [0.15, 0.2) is 53.3 Å². The first-order chi connectivity index (χ1) is 10.1. The molecule has 0 saturated carbocycles. The number of carbonyl (C=O) groups excluding carboxylic acids is 1. The summed E-state index contributed by atoms with van der Waals surface area (Å²) in [6.45, 7) is 0. The quantitative estimate of drug-likeness (QED) is 0.768. The number of hydrogen-bond donors (Lipinski definition) is 1. The van der Waals surface area contributed by atoms with Gasteiger partial charge in [-0.05, 0) is 52.3 Å². The van der Waals surface area contributed by atoms with Gasteiger partial charge in [-0.1, -0.05) is 0 Å². The molecule has 3 rings (SSSR count). The maximum absolute atomic E-state index is 13.0. The monoisotopic (exact) mass is 345 g/mol. The van der Waals surface area contributed by atoms with Crippen LogP contribution in [0.5, 0.6) is 0 Å². The first-order valence-electron chi connectivity index (χ1n) is 6.11. The molecule has 3 aromatic rings. The highest BCUT2D eigenvalue weighted by molar-refractivity contribution is 9.10. The molecule has 4 nitrogen and oxygen atoms in total. The highest BCUT2D eigenvalue weighted by atomic mass is 79.9. The van der Waals surface area contributed by atoms with Gasteiger partial charge in [0.05, 0.1) is 16.7 Å². The van der Waals surface area contributed by atoms with Crippen LogP contribution >= 0.6 is 15.9 Å². The molecule has 0 spiro atoms. The van der Waals surface area contributed by atoms with Crippen LogP contribution in [0.1, 0.15) is 10.4 Å². The van der Waals surface area contributed by atoms with Crippen LogP contribution in [0.4, 0.5) is 10.1 Å². The van der Waals surface area contributed by atoms with Gasteiger partial charge in [-0.15, -0.1) is 0 Å². The minimum Gasteiger partial charge on any atom is -0.321 e. The second-order valence-electron chi connectivity index (χ2n) is 4.34. The molecule has 0 bridgehead atoms. The van der Waals surface area contributed by atoms with Gasteiger partial charge in [-0.2, -0.15) is 0 Å². The zero-order valence-corrected chi connectivity index (χ0v) is 12.3. The Morgan fingerprint density at radius 3 is 2.57 bits per heavy atom. The molecule has 2 aromatic carbocycles. The molecule has 104 valence electrons. The van der Waals surface area contributed by atoms with Crippen LogP contribution in [0.3, 0.4) is 0 Å². The lowest BCUT2D eigenvalue weighted by Crippen LogP contribution is -2.12. The summed E-state index contributed by atoms with van der Waals surface area (Å²) in [6.07, 6.45) is 3.16. The number of nitrogens with one attached hydrogen (secondary N) is 1. The Hall–Kier alpha value is -2.34. The van der Waals surface area contributed by atoms with Crippen LogP contribution in [0.2, 0.25) is 0 Å². The minimum atomic E-state index is -0.374.